The summed E-state index contributed by atoms with van der Waals surface area (Å²) in [6.07, 6.45) is 1.27. The van der Waals surface area contributed by atoms with Gasteiger partial charge in [0.25, 0.3) is 11.6 Å². The van der Waals surface area contributed by atoms with Crippen LogP contribution in [0.3, 0.4) is 0 Å². The summed E-state index contributed by atoms with van der Waals surface area (Å²) in [5, 5.41) is 31.9. The van der Waals surface area contributed by atoms with Gasteiger partial charge in [-0.05, 0) is 61.0 Å². The fraction of sp³-hybridized carbons (Fsp3) is 0.0417. The second-order valence-electron chi connectivity index (χ2n) is 7.32. The maximum Gasteiger partial charge on any atom is 0.339 e. The standard InChI is InChI=1S/C24H17N3O8S/c1-15-2-11-21(13-22(15)27(31)32)36(33,34)35-20-9-3-16(4-10-20)12-18(14-25)23(28)26-19-7-5-17(6-8-19)24(29)30/h2-13H,1H3,(H,26,28)(H,29,30)/b18-12+. The van der Waals surface area contributed by atoms with E-state index >= 15 is 0 Å². The average molecular weight is 507 g/mol. The van der Waals surface area contributed by atoms with Crippen molar-refractivity contribution in [3.63, 3.8) is 0 Å². The molecule has 3 aromatic rings. The first-order valence-electron chi connectivity index (χ1n) is 10.1. The van der Waals surface area contributed by atoms with E-state index in [1.54, 1.807) is 6.07 Å². The number of carbonyl (C=O) groups excluding carboxylic acids is 1. The van der Waals surface area contributed by atoms with Gasteiger partial charge in [-0.3, -0.25) is 14.9 Å². The molecule has 0 radical (unpaired) electrons. The Morgan fingerprint density at radius 1 is 1.08 bits per heavy atom. The van der Waals surface area contributed by atoms with Crippen LogP contribution in [0.2, 0.25) is 0 Å². The van der Waals surface area contributed by atoms with Crippen molar-refractivity contribution >= 4 is 39.4 Å². The Labute approximate surface area is 205 Å². The summed E-state index contributed by atoms with van der Waals surface area (Å²) < 4.78 is 30.1. The second kappa shape index (κ2) is 10.5. The quantitative estimate of drug-likeness (QED) is 0.150. The molecule has 0 atom stereocenters. The maximum absolute atomic E-state index is 12.5. The Balaban J connectivity index is 1.74. The number of carbonyl (C=O) groups is 2. The highest BCUT2D eigenvalue weighted by molar-refractivity contribution is 7.87. The molecule has 182 valence electrons. The molecule has 0 unspecified atom stereocenters. The number of nitrogens with one attached hydrogen (secondary N) is 1. The lowest BCUT2D eigenvalue weighted by Gasteiger charge is -2.08. The molecule has 0 bridgehead atoms. The zero-order valence-electron chi connectivity index (χ0n) is 18.5. The van der Waals surface area contributed by atoms with Crippen LogP contribution in [0.25, 0.3) is 6.08 Å². The molecule has 0 heterocycles. The smallest absolute Gasteiger partial charge is 0.339 e. The molecule has 3 rings (SSSR count). The van der Waals surface area contributed by atoms with Gasteiger partial charge in [0, 0.05) is 17.3 Å². The van der Waals surface area contributed by atoms with E-state index in [9.17, 15) is 33.4 Å². The number of aromatic carboxylic acids is 1. The number of aryl methyl sites for hydroxylation is 1. The molecule has 0 aliphatic rings. The predicted molar refractivity (Wildman–Crippen MR) is 128 cm³/mol. The lowest BCUT2D eigenvalue weighted by Crippen LogP contribution is -2.13. The molecule has 12 heteroatoms. The molecule has 1 amide bonds. The van der Waals surface area contributed by atoms with E-state index in [0.29, 0.717) is 11.1 Å². The molecule has 0 fully saturated rings. The first kappa shape index (κ1) is 25.6. The predicted octanol–water partition coefficient (Wildman–Crippen LogP) is 3.91. The van der Waals surface area contributed by atoms with Crippen molar-refractivity contribution in [3.8, 4) is 11.8 Å². The number of nitrogens with zero attached hydrogens (tertiary/aromatic N) is 2. The van der Waals surface area contributed by atoms with E-state index in [1.807, 2.05) is 0 Å². The van der Waals surface area contributed by atoms with Gasteiger partial charge in [0.05, 0.1) is 10.5 Å². The Kier molecular flexibility index (Phi) is 7.46. The van der Waals surface area contributed by atoms with Crippen LogP contribution < -0.4 is 9.50 Å². The number of carboxylic acid groups (broad SMARTS) is 1. The van der Waals surface area contributed by atoms with Crippen molar-refractivity contribution in [2.24, 2.45) is 0 Å². The van der Waals surface area contributed by atoms with E-state index in [-0.39, 0.29) is 33.2 Å². The monoisotopic (exact) mass is 507 g/mol. The maximum atomic E-state index is 12.5. The topological polar surface area (TPSA) is 177 Å². The Morgan fingerprint density at radius 2 is 1.72 bits per heavy atom. The van der Waals surface area contributed by atoms with Crippen molar-refractivity contribution in [1.29, 1.82) is 5.26 Å². The first-order chi connectivity index (χ1) is 17.0. The van der Waals surface area contributed by atoms with Crippen molar-refractivity contribution < 1.29 is 32.2 Å². The largest absolute Gasteiger partial charge is 0.478 e. The third-order valence-electron chi connectivity index (χ3n) is 4.82. The molecule has 36 heavy (non-hydrogen) atoms. The molecular weight excluding hydrogens is 490 g/mol. The van der Waals surface area contributed by atoms with Crippen molar-refractivity contribution in [2.75, 3.05) is 5.32 Å². The Hall–Kier alpha value is -5.02. The molecule has 0 aliphatic heterocycles. The number of nitro groups is 1. The molecular formula is C24H17N3O8S. The van der Waals surface area contributed by atoms with Gasteiger partial charge in [0.1, 0.15) is 22.3 Å². The number of hydrogen-bond acceptors (Lipinski definition) is 8. The van der Waals surface area contributed by atoms with E-state index in [2.05, 4.69) is 5.32 Å². The molecule has 11 nitrogen and oxygen atoms in total. The highest BCUT2D eigenvalue weighted by Crippen LogP contribution is 2.25. The molecule has 0 aliphatic carbocycles. The number of carboxylic acids is 1. The fourth-order valence-corrected chi connectivity index (χ4v) is 3.90. The highest BCUT2D eigenvalue weighted by atomic mass is 32.2. The molecule has 0 saturated heterocycles. The molecule has 0 aromatic heterocycles. The number of nitriles is 1. The highest BCUT2D eigenvalue weighted by Gasteiger charge is 2.21. The van der Waals surface area contributed by atoms with Gasteiger partial charge in [-0.2, -0.15) is 13.7 Å². The number of rotatable bonds is 8. The minimum absolute atomic E-state index is 0.0361. The van der Waals surface area contributed by atoms with Crippen LogP contribution in [0.5, 0.6) is 5.75 Å². The molecule has 2 N–H and O–H groups in total. The first-order valence-corrected chi connectivity index (χ1v) is 11.5. The van der Waals surface area contributed by atoms with E-state index < -0.39 is 26.9 Å². The summed E-state index contributed by atoms with van der Waals surface area (Å²) in [7, 11) is -4.36. The van der Waals surface area contributed by atoms with Gasteiger partial charge in [-0.15, -0.1) is 0 Å². The van der Waals surface area contributed by atoms with Gasteiger partial charge in [-0.25, -0.2) is 4.79 Å². The summed E-state index contributed by atoms with van der Waals surface area (Å²) in [6.45, 7) is 1.48. The summed E-state index contributed by atoms with van der Waals surface area (Å²) >= 11 is 0. The normalized spacial score (nSPS) is 11.3. The van der Waals surface area contributed by atoms with Crippen molar-refractivity contribution in [2.45, 2.75) is 11.8 Å². The summed E-state index contributed by atoms with van der Waals surface area (Å²) in [4.78, 5) is 33.3. The van der Waals surface area contributed by atoms with Gasteiger partial charge in [0.2, 0.25) is 0 Å². The summed E-state index contributed by atoms with van der Waals surface area (Å²) in [5.41, 5.74) is 0.389. The minimum atomic E-state index is -4.36. The van der Waals surface area contributed by atoms with Gasteiger partial charge >= 0.3 is 16.1 Å². The number of amides is 1. The van der Waals surface area contributed by atoms with Gasteiger partial charge in [-0.1, -0.05) is 18.2 Å². The number of hydrogen-bond donors (Lipinski definition) is 2. The van der Waals surface area contributed by atoms with Crippen LogP contribution in [0, 0.1) is 28.4 Å². The van der Waals surface area contributed by atoms with Crippen LogP contribution in [0.15, 0.2) is 77.2 Å². The summed E-state index contributed by atoms with van der Waals surface area (Å²) in [5.74, 6) is -1.94. The van der Waals surface area contributed by atoms with Crippen LogP contribution in [-0.4, -0.2) is 30.3 Å². The zero-order valence-corrected chi connectivity index (χ0v) is 19.4. The number of nitro benzene ring substituents is 1. The average Bonchev–Trinajstić information content (AvgIpc) is 2.83. The summed E-state index contributed by atoms with van der Waals surface area (Å²) in [6, 6.07) is 16.0. The Morgan fingerprint density at radius 3 is 2.28 bits per heavy atom. The Bertz CT molecular complexity index is 1520. The van der Waals surface area contributed by atoms with Crippen molar-refractivity contribution in [3.05, 3.63) is 99.1 Å². The lowest BCUT2D eigenvalue weighted by molar-refractivity contribution is -0.385. The van der Waals surface area contributed by atoms with E-state index in [0.717, 1.165) is 6.07 Å². The fourth-order valence-electron chi connectivity index (χ4n) is 2.95. The van der Waals surface area contributed by atoms with Crippen LogP contribution >= 0.6 is 0 Å². The minimum Gasteiger partial charge on any atom is -0.478 e. The molecule has 3 aromatic carbocycles. The van der Waals surface area contributed by atoms with E-state index in [4.69, 9.17) is 9.29 Å². The number of anilines is 1. The third-order valence-corrected chi connectivity index (χ3v) is 6.06. The lowest BCUT2D eigenvalue weighted by atomic mass is 10.1. The second-order valence-corrected chi connectivity index (χ2v) is 8.86. The van der Waals surface area contributed by atoms with E-state index in [1.165, 1.54) is 73.7 Å². The SMILES string of the molecule is Cc1ccc(S(=O)(=O)Oc2ccc(/C=C(\C#N)C(=O)Nc3ccc(C(=O)O)cc3)cc2)cc1[N+](=O)[O-]. The van der Waals surface area contributed by atoms with Crippen LogP contribution in [0.4, 0.5) is 11.4 Å². The number of benzene rings is 3. The van der Waals surface area contributed by atoms with Crippen LogP contribution in [0.1, 0.15) is 21.5 Å². The molecule has 0 spiro atoms. The van der Waals surface area contributed by atoms with Crippen LogP contribution in [-0.2, 0) is 14.9 Å². The zero-order chi connectivity index (χ0) is 26.5. The third kappa shape index (κ3) is 6.10. The van der Waals surface area contributed by atoms with Crippen molar-refractivity contribution in [1.82, 2.24) is 0 Å². The van der Waals surface area contributed by atoms with Gasteiger partial charge in [0.15, 0.2) is 0 Å². The van der Waals surface area contributed by atoms with Gasteiger partial charge < -0.3 is 14.6 Å². The molecule has 0 saturated carbocycles.